The predicted octanol–water partition coefficient (Wildman–Crippen LogP) is 9.26. The summed E-state index contributed by atoms with van der Waals surface area (Å²) in [5, 5.41) is 2.45. The number of aryl methyl sites for hydroxylation is 3. The molecule has 4 aromatic carbocycles. The van der Waals surface area contributed by atoms with Gasteiger partial charge in [0.1, 0.15) is 5.75 Å². The number of fused-ring (bicyclic) bond motifs is 1. The van der Waals surface area contributed by atoms with Gasteiger partial charge in [0.2, 0.25) is 0 Å². The third-order valence-corrected chi connectivity index (χ3v) is 8.68. The van der Waals surface area contributed by atoms with Crippen LogP contribution >= 0.6 is 0 Å². The molecule has 7 heteroatoms. The number of carbonyl (C=O) groups excluding carboxylic acids is 1. The van der Waals surface area contributed by atoms with Crippen LogP contribution in [0, 0.1) is 6.92 Å². The molecule has 242 valence electrons. The van der Waals surface area contributed by atoms with E-state index in [1.165, 1.54) is 34.7 Å². The number of unbranched alkanes of at least 4 members (excludes halogenated alkanes) is 4. The second-order valence-corrected chi connectivity index (χ2v) is 12.7. The Labute approximate surface area is 269 Å². The Morgan fingerprint density at radius 3 is 1.93 bits per heavy atom. The lowest BCUT2D eigenvalue weighted by Gasteiger charge is -2.09. The minimum atomic E-state index is -3.56. The summed E-state index contributed by atoms with van der Waals surface area (Å²) < 4.78 is 39.2. The second-order valence-electron chi connectivity index (χ2n) is 11.1. The number of rotatable bonds is 16. The van der Waals surface area contributed by atoms with Crippen LogP contribution in [0.4, 0.5) is 0 Å². The number of hydrogen-bond donors (Lipinski definition) is 0. The second kappa shape index (κ2) is 19.0. The summed E-state index contributed by atoms with van der Waals surface area (Å²) in [5.41, 5.74) is 4.16. The van der Waals surface area contributed by atoms with E-state index in [0.29, 0.717) is 12.2 Å². The first-order chi connectivity index (χ1) is 21.7. The van der Waals surface area contributed by atoms with E-state index in [1.807, 2.05) is 38.1 Å². The van der Waals surface area contributed by atoms with Gasteiger partial charge in [0.25, 0.3) is 10.1 Å². The SMILES string of the molecule is CCCCCOS(=O)(=O)c1ccc(C)cc1.CCCCCOc1ccc2cc(CCc3ccc(C(=O)OCC)cc3)ccc2c1. The van der Waals surface area contributed by atoms with E-state index >= 15 is 0 Å². The third-order valence-electron chi connectivity index (χ3n) is 7.36. The zero-order chi connectivity index (χ0) is 32.5. The van der Waals surface area contributed by atoms with Gasteiger partial charge in [-0.05, 0) is 97.8 Å². The van der Waals surface area contributed by atoms with Gasteiger partial charge in [0.15, 0.2) is 0 Å². The molecule has 0 amide bonds. The van der Waals surface area contributed by atoms with Gasteiger partial charge in [0, 0.05) is 0 Å². The molecule has 0 heterocycles. The van der Waals surface area contributed by atoms with Crippen molar-refractivity contribution in [2.24, 2.45) is 0 Å². The highest BCUT2D eigenvalue weighted by Crippen LogP contribution is 2.23. The molecule has 0 aromatic heterocycles. The average Bonchev–Trinajstić information content (AvgIpc) is 3.05. The number of benzene rings is 4. The van der Waals surface area contributed by atoms with Crippen LogP contribution in [0.3, 0.4) is 0 Å². The minimum Gasteiger partial charge on any atom is -0.494 e. The molecule has 6 nitrogen and oxygen atoms in total. The Kier molecular flexibility index (Phi) is 15.1. The Morgan fingerprint density at radius 1 is 0.667 bits per heavy atom. The van der Waals surface area contributed by atoms with E-state index in [1.54, 1.807) is 24.3 Å². The van der Waals surface area contributed by atoms with Gasteiger partial charge in [-0.2, -0.15) is 8.42 Å². The van der Waals surface area contributed by atoms with Crippen molar-refractivity contribution < 1.29 is 26.9 Å². The van der Waals surface area contributed by atoms with Crippen LogP contribution in [0.15, 0.2) is 89.8 Å². The molecule has 4 rings (SSSR count). The molecular formula is C38H48O6S. The highest BCUT2D eigenvalue weighted by Gasteiger charge is 2.14. The molecule has 0 radical (unpaired) electrons. The summed E-state index contributed by atoms with van der Waals surface area (Å²) in [6, 6.07) is 27.3. The van der Waals surface area contributed by atoms with Crippen molar-refractivity contribution in [3.8, 4) is 5.75 Å². The molecule has 0 unspecified atom stereocenters. The first-order valence-corrected chi connectivity index (χ1v) is 17.5. The molecule has 0 atom stereocenters. The van der Waals surface area contributed by atoms with Gasteiger partial charge in [0.05, 0.1) is 30.3 Å². The fourth-order valence-electron chi connectivity index (χ4n) is 4.66. The first-order valence-electron chi connectivity index (χ1n) is 16.1. The quantitative estimate of drug-likeness (QED) is 0.0696. The number of hydrogen-bond acceptors (Lipinski definition) is 6. The lowest BCUT2D eigenvalue weighted by Crippen LogP contribution is -2.07. The Hall–Kier alpha value is -3.68. The maximum atomic E-state index is 11.7. The van der Waals surface area contributed by atoms with Gasteiger partial charge in [-0.15, -0.1) is 0 Å². The molecule has 0 bridgehead atoms. The standard InChI is InChI=1S/C26H30O3.C12H18O3S/c1-3-5-6-17-29-25-16-15-23-18-21(11-14-24(23)19-25)8-7-20-9-12-22(13-10-20)26(27)28-4-2;1-3-4-5-10-15-16(13,14)12-8-6-11(2)7-9-12/h9-16,18-19H,3-8,17H2,1-2H3;6-9H,3-5,10H2,1-2H3. The van der Waals surface area contributed by atoms with Crippen LogP contribution in [0.25, 0.3) is 10.8 Å². The van der Waals surface area contributed by atoms with Crippen LogP contribution in [0.5, 0.6) is 5.75 Å². The van der Waals surface area contributed by atoms with Crippen molar-refractivity contribution in [1.82, 2.24) is 0 Å². The molecule has 0 aliphatic rings. The normalized spacial score (nSPS) is 11.1. The topological polar surface area (TPSA) is 78.9 Å². The molecule has 0 spiro atoms. The summed E-state index contributed by atoms with van der Waals surface area (Å²) in [5.74, 6) is 0.685. The van der Waals surface area contributed by atoms with Crippen molar-refractivity contribution in [3.05, 3.63) is 107 Å². The largest absolute Gasteiger partial charge is 0.494 e. The van der Waals surface area contributed by atoms with Gasteiger partial charge in [-0.3, -0.25) is 4.18 Å². The van der Waals surface area contributed by atoms with Gasteiger partial charge < -0.3 is 9.47 Å². The highest BCUT2D eigenvalue weighted by atomic mass is 32.2. The summed E-state index contributed by atoms with van der Waals surface area (Å²) in [7, 11) is -3.56. The Morgan fingerprint density at radius 2 is 1.27 bits per heavy atom. The molecule has 0 fully saturated rings. The van der Waals surface area contributed by atoms with Crippen LogP contribution < -0.4 is 4.74 Å². The summed E-state index contributed by atoms with van der Waals surface area (Å²) >= 11 is 0. The van der Waals surface area contributed by atoms with Crippen LogP contribution in [-0.4, -0.2) is 34.2 Å². The monoisotopic (exact) mass is 632 g/mol. The van der Waals surface area contributed by atoms with Crippen molar-refractivity contribution in [2.45, 2.75) is 84.0 Å². The van der Waals surface area contributed by atoms with Crippen molar-refractivity contribution in [1.29, 1.82) is 0 Å². The van der Waals surface area contributed by atoms with Crippen molar-refractivity contribution in [2.75, 3.05) is 19.8 Å². The fourth-order valence-corrected chi connectivity index (χ4v) is 5.61. The van der Waals surface area contributed by atoms with Crippen LogP contribution in [-0.2, 0) is 31.9 Å². The zero-order valence-corrected chi connectivity index (χ0v) is 28.0. The molecule has 4 aromatic rings. The van der Waals surface area contributed by atoms with Gasteiger partial charge in [-0.1, -0.05) is 93.6 Å². The fraction of sp³-hybridized carbons (Fsp3) is 0.395. The van der Waals surface area contributed by atoms with Crippen molar-refractivity contribution >= 4 is 26.9 Å². The molecular weight excluding hydrogens is 584 g/mol. The molecule has 0 aliphatic carbocycles. The molecule has 0 saturated heterocycles. The average molecular weight is 633 g/mol. The minimum absolute atomic E-state index is 0.231. The van der Waals surface area contributed by atoms with E-state index in [4.69, 9.17) is 13.7 Å². The van der Waals surface area contributed by atoms with E-state index in [9.17, 15) is 13.2 Å². The Balaban J connectivity index is 0.000000292. The third kappa shape index (κ3) is 12.3. The lowest BCUT2D eigenvalue weighted by molar-refractivity contribution is 0.0526. The number of ether oxygens (including phenoxy) is 2. The van der Waals surface area contributed by atoms with Crippen LogP contribution in [0.1, 0.15) is 86.3 Å². The van der Waals surface area contributed by atoms with Crippen molar-refractivity contribution in [3.63, 3.8) is 0 Å². The maximum absolute atomic E-state index is 11.7. The maximum Gasteiger partial charge on any atom is 0.338 e. The first kappa shape index (κ1) is 35.8. The summed E-state index contributed by atoms with van der Waals surface area (Å²) in [6.07, 6.45) is 8.24. The highest BCUT2D eigenvalue weighted by molar-refractivity contribution is 7.86. The van der Waals surface area contributed by atoms with E-state index in [-0.39, 0.29) is 17.5 Å². The summed E-state index contributed by atoms with van der Waals surface area (Å²) in [6.45, 7) is 9.45. The summed E-state index contributed by atoms with van der Waals surface area (Å²) in [4.78, 5) is 12.0. The number of carbonyl (C=O) groups is 1. The predicted molar refractivity (Wildman–Crippen MR) is 183 cm³/mol. The van der Waals surface area contributed by atoms with Crippen LogP contribution in [0.2, 0.25) is 0 Å². The smallest absolute Gasteiger partial charge is 0.338 e. The molecule has 0 saturated carbocycles. The molecule has 0 N–H and O–H groups in total. The van der Waals surface area contributed by atoms with E-state index in [2.05, 4.69) is 50.2 Å². The Bertz CT molecular complexity index is 1560. The zero-order valence-electron chi connectivity index (χ0n) is 27.2. The van der Waals surface area contributed by atoms with E-state index < -0.39 is 10.1 Å². The number of esters is 1. The molecule has 0 aliphatic heterocycles. The van der Waals surface area contributed by atoms with Gasteiger partial charge in [-0.25, -0.2) is 4.79 Å². The van der Waals surface area contributed by atoms with Gasteiger partial charge >= 0.3 is 5.97 Å². The van der Waals surface area contributed by atoms with E-state index in [0.717, 1.165) is 56.4 Å². The lowest BCUT2D eigenvalue weighted by atomic mass is 10.0. The molecule has 45 heavy (non-hydrogen) atoms.